The van der Waals surface area contributed by atoms with E-state index in [1.165, 1.54) is 6.92 Å². The predicted molar refractivity (Wildman–Crippen MR) is 83.4 cm³/mol. The van der Waals surface area contributed by atoms with Crippen LogP contribution in [0.3, 0.4) is 0 Å². The van der Waals surface area contributed by atoms with E-state index in [1.54, 1.807) is 0 Å². The number of halogens is 1. The number of carbonyl (C=O) groups is 4. The van der Waals surface area contributed by atoms with Gasteiger partial charge < -0.3 is 29.4 Å². The Balaban J connectivity index is 0.00000576. The monoisotopic (exact) mass is 383 g/mol. The van der Waals surface area contributed by atoms with Gasteiger partial charge in [0, 0.05) is 27.7 Å². The third kappa shape index (κ3) is 6.48. The van der Waals surface area contributed by atoms with E-state index < -0.39 is 54.5 Å². The van der Waals surface area contributed by atoms with Crippen molar-refractivity contribution in [3.8, 4) is 0 Å². The molecule has 0 spiro atoms. The first kappa shape index (κ1) is 23.1. The molecule has 10 nitrogen and oxygen atoms in total. The third-order valence-corrected chi connectivity index (χ3v) is 3.13. The highest BCUT2D eigenvalue weighted by Gasteiger charge is 2.55. The van der Waals surface area contributed by atoms with Crippen molar-refractivity contribution in [2.45, 2.75) is 51.7 Å². The molecule has 1 fully saturated rings. The molecule has 25 heavy (non-hydrogen) atoms. The molecule has 0 saturated carbocycles. The van der Waals surface area contributed by atoms with E-state index in [-0.39, 0.29) is 19.0 Å². The van der Waals surface area contributed by atoms with Gasteiger partial charge in [0.2, 0.25) is 0 Å². The Morgan fingerprint density at radius 1 is 1.00 bits per heavy atom. The fourth-order valence-electron chi connectivity index (χ4n) is 2.26. The Labute approximate surface area is 150 Å². The van der Waals surface area contributed by atoms with Gasteiger partial charge in [0.25, 0.3) is 5.79 Å². The van der Waals surface area contributed by atoms with E-state index in [0.717, 1.165) is 20.8 Å². The second-order valence-corrected chi connectivity index (χ2v) is 5.24. The number of esters is 4. The van der Waals surface area contributed by atoms with Gasteiger partial charge in [-0.25, -0.2) is 0 Å². The summed E-state index contributed by atoms with van der Waals surface area (Å²) in [7, 11) is 0. The summed E-state index contributed by atoms with van der Waals surface area (Å²) < 4.78 is 25.6. The van der Waals surface area contributed by atoms with Gasteiger partial charge in [-0.1, -0.05) is 0 Å². The normalized spacial score (nSPS) is 28.1. The van der Waals surface area contributed by atoms with Crippen molar-refractivity contribution >= 4 is 36.3 Å². The highest BCUT2D eigenvalue weighted by molar-refractivity contribution is 5.85. The topological polar surface area (TPSA) is 140 Å². The molecule has 0 bridgehead atoms. The number of carbonyl (C=O) groups excluding carboxylic acids is 4. The van der Waals surface area contributed by atoms with Crippen LogP contribution < -0.4 is 5.73 Å². The van der Waals surface area contributed by atoms with Crippen LogP contribution in [-0.4, -0.2) is 61.1 Å². The minimum absolute atomic E-state index is 0. The lowest BCUT2D eigenvalue weighted by Crippen LogP contribution is -2.69. The van der Waals surface area contributed by atoms with Gasteiger partial charge in [-0.15, -0.1) is 12.4 Å². The summed E-state index contributed by atoms with van der Waals surface area (Å²) in [6.45, 7) is 3.80. The first-order valence-electron chi connectivity index (χ1n) is 7.14. The van der Waals surface area contributed by atoms with Crippen molar-refractivity contribution in [2.24, 2.45) is 5.73 Å². The van der Waals surface area contributed by atoms with Crippen molar-refractivity contribution in [1.29, 1.82) is 0 Å². The summed E-state index contributed by atoms with van der Waals surface area (Å²) >= 11 is 0. The Bertz CT molecular complexity index is 526. The van der Waals surface area contributed by atoms with Crippen LogP contribution in [0.2, 0.25) is 0 Å². The molecule has 144 valence electrons. The van der Waals surface area contributed by atoms with Gasteiger partial charge in [-0.2, -0.15) is 0 Å². The molecule has 4 atom stereocenters. The standard InChI is InChI=1S/C14H21NO9.ClH/c1-7(16)20-6-14(24-10(4)19)13(15)12(23-9(3)18)11(5-21-14)22-8(2)17;/h11-13H,5-6,15H2,1-4H3;1H/t11-,12-,13+,14+;/m0./s1. The Morgan fingerprint density at radius 2 is 1.56 bits per heavy atom. The molecule has 0 aromatic rings. The number of rotatable bonds is 5. The minimum atomic E-state index is -1.87. The van der Waals surface area contributed by atoms with Gasteiger partial charge in [0.05, 0.1) is 6.61 Å². The number of nitrogens with two attached hydrogens (primary N) is 1. The van der Waals surface area contributed by atoms with Crippen LogP contribution in [0.25, 0.3) is 0 Å². The smallest absolute Gasteiger partial charge is 0.305 e. The number of hydrogen-bond acceptors (Lipinski definition) is 10. The average Bonchev–Trinajstić information content (AvgIpc) is 2.43. The lowest BCUT2D eigenvalue weighted by molar-refractivity contribution is -0.303. The van der Waals surface area contributed by atoms with Crippen molar-refractivity contribution in [3.63, 3.8) is 0 Å². The maximum atomic E-state index is 11.4. The summed E-state index contributed by atoms with van der Waals surface area (Å²) in [4.78, 5) is 45.0. The lowest BCUT2D eigenvalue weighted by Gasteiger charge is -2.45. The summed E-state index contributed by atoms with van der Waals surface area (Å²) in [5.41, 5.74) is 6.05. The fourth-order valence-corrected chi connectivity index (χ4v) is 2.26. The Morgan fingerprint density at radius 3 is 2.00 bits per heavy atom. The van der Waals surface area contributed by atoms with Crippen LogP contribution in [0.15, 0.2) is 0 Å². The van der Waals surface area contributed by atoms with E-state index in [9.17, 15) is 19.2 Å². The molecule has 0 unspecified atom stereocenters. The Hall–Kier alpha value is -1.91. The van der Waals surface area contributed by atoms with Crippen molar-refractivity contribution < 1.29 is 42.9 Å². The van der Waals surface area contributed by atoms with E-state index >= 15 is 0 Å². The third-order valence-electron chi connectivity index (χ3n) is 3.13. The molecular weight excluding hydrogens is 362 g/mol. The maximum Gasteiger partial charge on any atom is 0.305 e. The summed E-state index contributed by atoms with van der Waals surface area (Å²) in [6.07, 6.45) is -2.16. The molecule has 2 N–H and O–H groups in total. The van der Waals surface area contributed by atoms with Gasteiger partial charge >= 0.3 is 23.9 Å². The van der Waals surface area contributed by atoms with Crippen LogP contribution >= 0.6 is 12.4 Å². The van der Waals surface area contributed by atoms with Gasteiger partial charge in [-0.3, -0.25) is 19.2 Å². The summed E-state index contributed by atoms with van der Waals surface area (Å²) in [6, 6.07) is -1.26. The molecule has 1 aliphatic heterocycles. The molecule has 1 aliphatic rings. The largest absolute Gasteiger partial charge is 0.459 e. The first-order chi connectivity index (χ1) is 11.1. The zero-order valence-electron chi connectivity index (χ0n) is 14.3. The second kappa shape index (κ2) is 9.54. The molecule has 1 heterocycles. The number of ether oxygens (including phenoxy) is 5. The molecule has 0 radical (unpaired) electrons. The van der Waals surface area contributed by atoms with Gasteiger partial charge in [0.1, 0.15) is 6.04 Å². The van der Waals surface area contributed by atoms with E-state index in [2.05, 4.69) is 0 Å². The molecule has 0 aliphatic carbocycles. The summed E-state index contributed by atoms with van der Waals surface area (Å²) in [5, 5.41) is 0. The SMILES string of the molecule is CC(=O)OC[C@]1(OC(C)=O)OC[C@H](OC(C)=O)[C@H](OC(C)=O)[C@H]1N.Cl. The highest BCUT2D eigenvalue weighted by atomic mass is 35.5. The molecule has 11 heteroatoms. The van der Waals surface area contributed by atoms with Crippen molar-refractivity contribution in [1.82, 2.24) is 0 Å². The zero-order chi connectivity index (χ0) is 18.5. The highest BCUT2D eigenvalue weighted by Crippen LogP contribution is 2.30. The minimum Gasteiger partial charge on any atom is -0.459 e. The maximum absolute atomic E-state index is 11.4. The molecular formula is C14H22ClNO9. The average molecular weight is 384 g/mol. The van der Waals surface area contributed by atoms with E-state index in [4.69, 9.17) is 29.4 Å². The molecule has 0 aromatic carbocycles. The lowest BCUT2D eigenvalue weighted by atomic mass is 9.94. The van der Waals surface area contributed by atoms with Crippen molar-refractivity contribution in [3.05, 3.63) is 0 Å². The number of hydrogen-bond donors (Lipinski definition) is 1. The van der Waals surface area contributed by atoms with Gasteiger partial charge in [0.15, 0.2) is 18.8 Å². The molecule has 1 rings (SSSR count). The predicted octanol–water partition coefficient (Wildman–Crippen LogP) is -0.548. The van der Waals surface area contributed by atoms with Crippen LogP contribution in [0.5, 0.6) is 0 Å². The van der Waals surface area contributed by atoms with E-state index in [0.29, 0.717) is 0 Å². The quantitative estimate of drug-likeness (QED) is 0.485. The van der Waals surface area contributed by atoms with Crippen LogP contribution in [-0.2, 0) is 42.9 Å². The van der Waals surface area contributed by atoms with Crippen LogP contribution in [0, 0.1) is 0 Å². The first-order valence-corrected chi connectivity index (χ1v) is 7.14. The summed E-state index contributed by atoms with van der Waals surface area (Å²) in [5.74, 6) is -4.57. The molecule has 0 aromatic heterocycles. The second-order valence-electron chi connectivity index (χ2n) is 5.24. The molecule has 1 saturated heterocycles. The van der Waals surface area contributed by atoms with Crippen LogP contribution in [0.4, 0.5) is 0 Å². The van der Waals surface area contributed by atoms with Crippen LogP contribution in [0.1, 0.15) is 27.7 Å². The van der Waals surface area contributed by atoms with Gasteiger partial charge in [-0.05, 0) is 0 Å². The zero-order valence-corrected chi connectivity index (χ0v) is 15.1. The van der Waals surface area contributed by atoms with E-state index in [1.807, 2.05) is 0 Å². The Kier molecular flexibility index (Phi) is 8.81. The fraction of sp³-hybridized carbons (Fsp3) is 0.714. The van der Waals surface area contributed by atoms with Crippen molar-refractivity contribution in [2.75, 3.05) is 13.2 Å². The molecule has 0 amide bonds.